The van der Waals surface area contributed by atoms with E-state index >= 15 is 0 Å². The SMILES string of the molecule is CC(C)(C)C(N)C(=O)NCC1CCCC1O. The fraction of sp³-hybridized carbons (Fsp3) is 0.917. The number of hydrogen-bond donors (Lipinski definition) is 3. The number of nitrogens with one attached hydrogen (secondary N) is 1. The Bertz CT molecular complexity index is 248. The van der Waals surface area contributed by atoms with Crippen molar-refractivity contribution in [1.29, 1.82) is 0 Å². The molecule has 1 fully saturated rings. The summed E-state index contributed by atoms with van der Waals surface area (Å²) in [6.45, 7) is 6.38. The zero-order chi connectivity index (χ0) is 12.3. The molecule has 0 aromatic carbocycles. The number of aliphatic hydroxyl groups is 1. The molecule has 0 saturated heterocycles. The Balaban J connectivity index is 2.35. The van der Waals surface area contributed by atoms with Crippen LogP contribution in [0, 0.1) is 11.3 Å². The molecule has 3 atom stereocenters. The van der Waals surface area contributed by atoms with Crippen LogP contribution in [0.5, 0.6) is 0 Å². The predicted octanol–water partition coefficient (Wildman–Crippen LogP) is 0.637. The minimum atomic E-state index is -0.494. The lowest BCUT2D eigenvalue weighted by Crippen LogP contribution is -2.49. The highest BCUT2D eigenvalue weighted by Gasteiger charge is 2.29. The van der Waals surface area contributed by atoms with Crippen LogP contribution in [0.3, 0.4) is 0 Å². The van der Waals surface area contributed by atoms with Gasteiger partial charge in [-0.05, 0) is 18.3 Å². The van der Waals surface area contributed by atoms with E-state index in [9.17, 15) is 9.90 Å². The fourth-order valence-electron chi connectivity index (χ4n) is 1.99. The molecule has 1 rings (SSSR count). The van der Waals surface area contributed by atoms with E-state index in [1.54, 1.807) is 0 Å². The molecule has 0 radical (unpaired) electrons. The molecule has 1 amide bonds. The standard InChI is InChI=1S/C12H24N2O2/c1-12(2,3)10(13)11(16)14-7-8-5-4-6-9(8)15/h8-10,15H,4-7,13H2,1-3H3,(H,14,16). The number of rotatable bonds is 3. The van der Waals surface area contributed by atoms with E-state index in [-0.39, 0.29) is 23.3 Å². The number of nitrogens with two attached hydrogens (primary N) is 1. The van der Waals surface area contributed by atoms with E-state index < -0.39 is 6.04 Å². The van der Waals surface area contributed by atoms with Gasteiger partial charge in [0.15, 0.2) is 0 Å². The van der Waals surface area contributed by atoms with Crippen molar-refractivity contribution in [1.82, 2.24) is 5.32 Å². The molecule has 0 bridgehead atoms. The number of hydrogen-bond acceptors (Lipinski definition) is 3. The van der Waals surface area contributed by atoms with Gasteiger partial charge in [0, 0.05) is 12.5 Å². The van der Waals surface area contributed by atoms with Crippen LogP contribution in [0.1, 0.15) is 40.0 Å². The van der Waals surface area contributed by atoms with Crippen molar-refractivity contribution < 1.29 is 9.90 Å². The monoisotopic (exact) mass is 228 g/mol. The van der Waals surface area contributed by atoms with Gasteiger partial charge in [0.05, 0.1) is 12.1 Å². The normalized spacial score (nSPS) is 27.8. The Hall–Kier alpha value is -0.610. The predicted molar refractivity (Wildman–Crippen MR) is 63.8 cm³/mol. The lowest BCUT2D eigenvalue weighted by molar-refractivity contribution is -0.124. The van der Waals surface area contributed by atoms with Gasteiger partial charge in [-0.15, -0.1) is 0 Å². The molecular formula is C12H24N2O2. The molecule has 1 saturated carbocycles. The van der Waals surface area contributed by atoms with Gasteiger partial charge in [-0.2, -0.15) is 0 Å². The van der Waals surface area contributed by atoms with Gasteiger partial charge in [-0.3, -0.25) is 4.79 Å². The Morgan fingerprint density at radius 2 is 2.12 bits per heavy atom. The molecule has 16 heavy (non-hydrogen) atoms. The summed E-state index contributed by atoms with van der Waals surface area (Å²) >= 11 is 0. The zero-order valence-corrected chi connectivity index (χ0v) is 10.5. The molecule has 4 nitrogen and oxygen atoms in total. The highest BCUT2D eigenvalue weighted by Crippen LogP contribution is 2.25. The fourth-order valence-corrected chi connectivity index (χ4v) is 1.99. The molecule has 4 N–H and O–H groups in total. The third kappa shape index (κ3) is 3.46. The van der Waals surface area contributed by atoms with Crippen LogP contribution in [0.4, 0.5) is 0 Å². The van der Waals surface area contributed by atoms with Crippen LogP contribution in [0.25, 0.3) is 0 Å². The van der Waals surface area contributed by atoms with Crippen molar-refractivity contribution >= 4 is 5.91 Å². The number of carbonyl (C=O) groups excluding carboxylic acids is 1. The van der Waals surface area contributed by atoms with Crippen LogP contribution in [-0.2, 0) is 4.79 Å². The van der Waals surface area contributed by atoms with Crippen molar-refractivity contribution in [2.75, 3.05) is 6.54 Å². The maximum absolute atomic E-state index is 11.7. The quantitative estimate of drug-likeness (QED) is 0.663. The average Bonchev–Trinajstić information content (AvgIpc) is 2.58. The molecule has 0 aliphatic heterocycles. The number of carbonyl (C=O) groups is 1. The Labute approximate surface area is 97.6 Å². The van der Waals surface area contributed by atoms with Gasteiger partial charge < -0.3 is 16.2 Å². The maximum atomic E-state index is 11.7. The van der Waals surface area contributed by atoms with Crippen LogP contribution >= 0.6 is 0 Å². The van der Waals surface area contributed by atoms with Crippen LogP contribution < -0.4 is 11.1 Å². The van der Waals surface area contributed by atoms with Gasteiger partial charge in [-0.25, -0.2) is 0 Å². The third-order valence-corrected chi connectivity index (χ3v) is 3.37. The minimum absolute atomic E-state index is 0.119. The summed E-state index contributed by atoms with van der Waals surface area (Å²) in [4.78, 5) is 11.7. The van der Waals surface area contributed by atoms with Crippen molar-refractivity contribution in [3.63, 3.8) is 0 Å². The minimum Gasteiger partial charge on any atom is -0.393 e. The van der Waals surface area contributed by atoms with Crippen molar-refractivity contribution in [2.24, 2.45) is 17.1 Å². The van der Waals surface area contributed by atoms with Crippen molar-refractivity contribution in [3.8, 4) is 0 Å². The van der Waals surface area contributed by atoms with Gasteiger partial charge >= 0.3 is 0 Å². The van der Waals surface area contributed by atoms with Gasteiger partial charge in [0.1, 0.15) is 0 Å². The average molecular weight is 228 g/mol. The second-order valence-corrected chi connectivity index (χ2v) is 5.85. The first-order valence-electron chi connectivity index (χ1n) is 6.03. The summed E-state index contributed by atoms with van der Waals surface area (Å²) in [6.07, 6.45) is 2.64. The first-order valence-corrected chi connectivity index (χ1v) is 6.03. The molecule has 0 aromatic rings. The number of aliphatic hydroxyl groups excluding tert-OH is 1. The summed E-state index contributed by atoms with van der Waals surface area (Å²) in [5.74, 6) is 0.0859. The van der Waals surface area contributed by atoms with Crippen LogP contribution in [0.2, 0.25) is 0 Å². The van der Waals surface area contributed by atoms with Crippen LogP contribution in [-0.4, -0.2) is 29.7 Å². The maximum Gasteiger partial charge on any atom is 0.237 e. The second kappa shape index (κ2) is 5.15. The third-order valence-electron chi connectivity index (χ3n) is 3.37. The highest BCUT2D eigenvalue weighted by molar-refractivity contribution is 5.82. The number of amides is 1. The molecule has 0 spiro atoms. The summed E-state index contributed by atoms with van der Waals surface area (Å²) in [5.41, 5.74) is 5.62. The molecule has 0 aromatic heterocycles. The van der Waals surface area contributed by atoms with Gasteiger partial charge in [-0.1, -0.05) is 27.2 Å². The molecule has 4 heteroatoms. The molecule has 0 heterocycles. The van der Waals surface area contributed by atoms with Crippen molar-refractivity contribution in [2.45, 2.75) is 52.2 Å². The summed E-state index contributed by atoms with van der Waals surface area (Å²) in [7, 11) is 0. The smallest absolute Gasteiger partial charge is 0.237 e. The lowest BCUT2D eigenvalue weighted by atomic mass is 9.87. The lowest BCUT2D eigenvalue weighted by Gasteiger charge is -2.26. The largest absolute Gasteiger partial charge is 0.393 e. The highest BCUT2D eigenvalue weighted by atomic mass is 16.3. The topological polar surface area (TPSA) is 75.4 Å². The Kier molecular flexibility index (Phi) is 4.33. The first kappa shape index (κ1) is 13.5. The van der Waals surface area contributed by atoms with E-state index in [0.29, 0.717) is 6.54 Å². The van der Waals surface area contributed by atoms with Crippen molar-refractivity contribution in [3.05, 3.63) is 0 Å². The van der Waals surface area contributed by atoms with E-state index in [4.69, 9.17) is 5.73 Å². The van der Waals surface area contributed by atoms with Crippen LogP contribution in [0.15, 0.2) is 0 Å². The summed E-state index contributed by atoms with van der Waals surface area (Å²) in [6, 6.07) is -0.494. The Morgan fingerprint density at radius 1 is 1.50 bits per heavy atom. The second-order valence-electron chi connectivity index (χ2n) is 5.85. The van der Waals surface area contributed by atoms with E-state index in [0.717, 1.165) is 19.3 Å². The van der Waals surface area contributed by atoms with Gasteiger partial charge in [0.2, 0.25) is 5.91 Å². The van der Waals surface area contributed by atoms with Gasteiger partial charge in [0.25, 0.3) is 0 Å². The Morgan fingerprint density at radius 3 is 2.56 bits per heavy atom. The molecule has 1 aliphatic carbocycles. The summed E-state index contributed by atoms with van der Waals surface area (Å²) < 4.78 is 0. The van der Waals surface area contributed by atoms with E-state index in [1.165, 1.54) is 0 Å². The summed E-state index contributed by atoms with van der Waals surface area (Å²) in [5, 5.41) is 12.5. The molecule has 3 unspecified atom stereocenters. The molecule has 1 aliphatic rings. The molecular weight excluding hydrogens is 204 g/mol. The zero-order valence-electron chi connectivity index (χ0n) is 10.5. The first-order chi connectivity index (χ1) is 7.32. The van der Waals surface area contributed by atoms with E-state index in [2.05, 4.69) is 5.32 Å². The molecule has 94 valence electrons. The van der Waals surface area contributed by atoms with E-state index in [1.807, 2.05) is 20.8 Å².